The van der Waals surface area contributed by atoms with Crippen molar-refractivity contribution in [3.8, 4) is 0 Å². The van der Waals surface area contributed by atoms with Crippen LogP contribution < -0.4 is 5.32 Å². The number of hydrogen-bond acceptors (Lipinski definition) is 3. The predicted octanol–water partition coefficient (Wildman–Crippen LogP) is 1.70. The van der Waals surface area contributed by atoms with Crippen molar-refractivity contribution in [3.63, 3.8) is 0 Å². The van der Waals surface area contributed by atoms with Crippen LogP contribution >= 0.6 is 15.9 Å². The predicted molar refractivity (Wildman–Crippen MR) is 63.0 cm³/mol. The molecule has 0 spiro atoms. The topological polar surface area (TPSA) is 46.9 Å². The molecule has 0 fully saturated rings. The van der Waals surface area contributed by atoms with Crippen LogP contribution in [0.1, 0.15) is 24.3 Å². The van der Waals surface area contributed by atoms with Crippen molar-refractivity contribution in [2.24, 2.45) is 5.92 Å². The van der Waals surface area contributed by atoms with Gasteiger partial charge in [0, 0.05) is 19.0 Å². The van der Waals surface area contributed by atoms with E-state index in [2.05, 4.69) is 26.3 Å². The molecule has 1 aromatic rings. The van der Waals surface area contributed by atoms with Gasteiger partial charge in [-0.2, -0.15) is 5.10 Å². The fourth-order valence-corrected chi connectivity index (χ4v) is 1.97. The van der Waals surface area contributed by atoms with Gasteiger partial charge in [-0.1, -0.05) is 6.92 Å². The molecule has 1 unspecified atom stereocenters. The Morgan fingerprint density at radius 3 is 2.93 bits per heavy atom. The Balaban J connectivity index is 2.94. The molecule has 0 radical (unpaired) electrons. The lowest BCUT2D eigenvalue weighted by molar-refractivity contribution is 0.0918. The van der Waals surface area contributed by atoms with E-state index in [0.29, 0.717) is 18.8 Å². The zero-order valence-corrected chi connectivity index (χ0v) is 10.8. The number of carbonyl (C=O) groups excluding carboxylic acids is 1. The summed E-state index contributed by atoms with van der Waals surface area (Å²) < 4.78 is 2.50. The lowest BCUT2D eigenvalue weighted by atomic mass is 10.0. The number of nitrogens with zero attached hydrogens (tertiary/aromatic N) is 2. The van der Waals surface area contributed by atoms with Gasteiger partial charge in [0.05, 0.1) is 10.7 Å². The molecule has 0 aromatic carbocycles. The van der Waals surface area contributed by atoms with Gasteiger partial charge in [-0.3, -0.25) is 9.48 Å². The van der Waals surface area contributed by atoms with Crippen LogP contribution in [0.3, 0.4) is 0 Å². The van der Waals surface area contributed by atoms with Crippen LogP contribution in [-0.2, 0) is 6.54 Å². The van der Waals surface area contributed by atoms with Crippen molar-refractivity contribution in [1.82, 2.24) is 15.1 Å². The number of aryl methyl sites for hydroxylation is 1. The van der Waals surface area contributed by atoms with E-state index >= 15 is 0 Å². The third-order valence-corrected chi connectivity index (χ3v) is 2.87. The van der Waals surface area contributed by atoms with Crippen LogP contribution in [0, 0.1) is 5.92 Å². The van der Waals surface area contributed by atoms with E-state index in [-0.39, 0.29) is 11.7 Å². The van der Waals surface area contributed by atoms with E-state index in [1.54, 1.807) is 10.9 Å². The highest BCUT2D eigenvalue weighted by Crippen LogP contribution is 2.19. The lowest BCUT2D eigenvalue weighted by Gasteiger charge is -2.11. The molecule has 1 atom stereocenters. The van der Waals surface area contributed by atoms with Gasteiger partial charge in [0.1, 0.15) is 5.69 Å². The molecule has 1 heterocycles. The third kappa shape index (κ3) is 2.66. The zero-order valence-electron chi connectivity index (χ0n) is 9.25. The summed E-state index contributed by atoms with van der Waals surface area (Å²) in [4.78, 5) is 12.1. The van der Waals surface area contributed by atoms with Gasteiger partial charge in [-0.25, -0.2) is 0 Å². The molecular weight excluding hydrogens is 258 g/mol. The Kier molecular flexibility index (Phi) is 4.47. The smallest absolute Gasteiger partial charge is 0.186 e. The van der Waals surface area contributed by atoms with Crippen molar-refractivity contribution in [2.75, 3.05) is 13.6 Å². The number of hydrogen-bond donors (Lipinski definition) is 1. The second kappa shape index (κ2) is 5.42. The maximum atomic E-state index is 12.1. The van der Waals surface area contributed by atoms with Gasteiger partial charge in [-0.15, -0.1) is 0 Å². The minimum Gasteiger partial charge on any atom is -0.319 e. The molecule has 0 bridgehead atoms. The molecule has 0 saturated heterocycles. The highest BCUT2D eigenvalue weighted by Gasteiger charge is 2.21. The molecule has 0 amide bonds. The first-order chi connectivity index (χ1) is 7.11. The van der Waals surface area contributed by atoms with Crippen molar-refractivity contribution in [1.29, 1.82) is 0 Å². The van der Waals surface area contributed by atoms with Crippen LogP contribution in [0.4, 0.5) is 0 Å². The molecule has 5 heteroatoms. The summed E-state index contributed by atoms with van der Waals surface area (Å²) in [6, 6.07) is 0. The van der Waals surface area contributed by atoms with Gasteiger partial charge in [-0.05, 0) is 29.9 Å². The summed E-state index contributed by atoms with van der Waals surface area (Å²) in [6.45, 7) is 5.27. The van der Waals surface area contributed by atoms with Crippen molar-refractivity contribution < 1.29 is 4.79 Å². The number of halogens is 1. The quantitative estimate of drug-likeness (QED) is 0.831. The summed E-state index contributed by atoms with van der Waals surface area (Å²) >= 11 is 3.35. The Hall–Kier alpha value is -0.680. The minimum atomic E-state index is -0.0340. The highest BCUT2D eigenvalue weighted by atomic mass is 79.9. The van der Waals surface area contributed by atoms with Crippen LogP contribution in [-0.4, -0.2) is 29.2 Å². The van der Waals surface area contributed by atoms with E-state index < -0.39 is 0 Å². The minimum absolute atomic E-state index is 0.0340. The van der Waals surface area contributed by atoms with Crippen molar-refractivity contribution in [2.45, 2.75) is 20.4 Å². The summed E-state index contributed by atoms with van der Waals surface area (Å²) in [5, 5.41) is 7.13. The molecule has 84 valence electrons. The lowest BCUT2D eigenvalue weighted by Crippen LogP contribution is -2.25. The molecule has 0 saturated carbocycles. The molecule has 1 aromatic heterocycles. The van der Waals surface area contributed by atoms with E-state index in [4.69, 9.17) is 0 Å². The number of ketones is 1. The van der Waals surface area contributed by atoms with Crippen LogP contribution in [0.25, 0.3) is 0 Å². The van der Waals surface area contributed by atoms with E-state index in [0.717, 1.165) is 4.47 Å². The van der Waals surface area contributed by atoms with Gasteiger partial charge < -0.3 is 5.32 Å². The Morgan fingerprint density at radius 2 is 2.40 bits per heavy atom. The highest BCUT2D eigenvalue weighted by molar-refractivity contribution is 9.10. The van der Waals surface area contributed by atoms with Crippen LogP contribution in [0.15, 0.2) is 10.7 Å². The van der Waals surface area contributed by atoms with Gasteiger partial charge in [0.2, 0.25) is 0 Å². The van der Waals surface area contributed by atoms with Crippen LogP contribution in [0.2, 0.25) is 0 Å². The first-order valence-corrected chi connectivity index (χ1v) is 5.81. The van der Waals surface area contributed by atoms with Gasteiger partial charge >= 0.3 is 0 Å². The van der Waals surface area contributed by atoms with Crippen molar-refractivity contribution >= 4 is 21.7 Å². The molecule has 4 nitrogen and oxygen atoms in total. The molecule has 1 rings (SSSR count). The molecular formula is C10H16BrN3O. The SMILES string of the molecule is CCn1ncc(Br)c1C(=O)C(C)CNC. The average Bonchev–Trinajstić information content (AvgIpc) is 2.58. The summed E-state index contributed by atoms with van der Waals surface area (Å²) in [5.74, 6) is 0.0869. The number of rotatable bonds is 5. The number of aromatic nitrogens is 2. The van der Waals surface area contributed by atoms with Gasteiger partial charge in [0.25, 0.3) is 0 Å². The number of Topliss-reactive ketones (excluding diaryl/α,β-unsaturated/α-hetero) is 1. The first-order valence-electron chi connectivity index (χ1n) is 5.01. The number of carbonyl (C=O) groups is 1. The summed E-state index contributed by atoms with van der Waals surface area (Å²) in [7, 11) is 1.84. The molecule has 0 aliphatic carbocycles. The molecule has 1 N–H and O–H groups in total. The Morgan fingerprint density at radius 1 is 1.73 bits per heavy atom. The normalized spacial score (nSPS) is 12.8. The Labute approximate surface area is 98.2 Å². The second-order valence-electron chi connectivity index (χ2n) is 3.48. The fraction of sp³-hybridized carbons (Fsp3) is 0.600. The molecule has 15 heavy (non-hydrogen) atoms. The monoisotopic (exact) mass is 273 g/mol. The van der Waals surface area contributed by atoms with E-state index in [1.165, 1.54) is 0 Å². The molecule has 0 aliphatic rings. The zero-order chi connectivity index (χ0) is 11.4. The average molecular weight is 274 g/mol. The third-order valence-electron chi connectivity index (χ3n) is 2.29. The largest absolute Gasteiger partial charge is 0.319 e. The van der Waals surface area contributed by atoms with E-state index in [9.17, 15) is 4.79 Å². The number of nitrogens with one attached hydrogen (secondary N) is 1. The Bertz CT molecular complexity index is 348. The van der Waals surface area contributed by atoms with Crippen LogP contribution in [0.5, 0.6) is 0 Å². The fourth-order valence-electron chi connectivity index (χ4n) is 1.48. The van der Waals surface area contributed by atoms with Gasteiger partial charge in [0.15, 0.2) is 5.78 Å². The summed E-state index contributed by atoms with van der Waals surface area (Å²) in [6.07, 6.45) is 1.67. The maximum absolute atomic E-state index is 12.1. The second-order valence-corrected chi connectivity index (χ2v) is 4.33. The van der Waals surface area contributed by atoms with Crippen molar-refractivity contribution in [3.05, 3.63) is 16.4 Å². The van der Waals surface area contributed by atoms with E-state index in [1.807, 2.05) is 20.9 Å². The summed E-state index contributed by atoms with van der Waals surface area (Å²) in [5.41, 5.74) is 0.667. The standard InChI is InChI=1S/C10H16BrN3O/c1-4-14-9(8(11)6-13-14)10(15)7(2)5-12-3/h6-7,12H,4-5H2,1-3H3. The first kappa shape index (κ1) is 12.4. The maximum Gasteiger partial charge on any atom is 0.186 e. The molecule has 0 aliphatic heterocycles.